The smallest absolute Gasteiger partial charge is 0.236 e. The van der Waals surface area contributed by atoms with Crippen molar-refractivity contribution in [3.05, 3.63) is 65.2 Å². The first kappa shape index (κ1) is 17.5. The molecule has 1 amide bonds. The van der Waals surface area contributed by atoms with Gasteiger partial charge in [-0.3, -0.25) is 4.79 Å². The van der Waals surface area contributed by atoms with Gasteiger partial charge in [0.25, 0.3) is 0 Å². The molecule has 3 rings (SSSR count). The van der Waals surface area contributed by atoms with E-state index in [0.29, 0.717) is 6.54 Å². The SMILES string of the molecule is Cc1cccc(N2CCN(C(=O)CNCc3ccccc3C)CC2)c1. The minimum Gasteiger partial charge on any atom is -0.368 e. The third-order valence-corrected chi connectivity index (χ3v) is 4.85. The highest BCUT2D eigenvalue weighted by Crippen LogP contribution is 2.17. The highest BCUT2D eigenvalue weighted by atomic mass is 16.2. The summed E-state index contributed by atoms with van der Waals surface area (Å²) in [6.07, 6.45) is 0. The molecule has 2 aromatic carbocycles. The van der Waals surface area contributed by atoms with Crippen LogP contribution in [-0.2, 0) is 11.3 Å². The monoisotopic (exact) mass is 337 g/mol. The molecule has 1 N–H and O–H groups in total. The van der Waals surface area contributed by atoms with Gasteiger partial charge < -0.3 is 15.1 Å². The minimum atomic E-state index is 0.192. The topological polar surface area (TPSA) is 35.6 Å². The van der Waals surface area contributed by atoms with Gasteiger partial charge in [-0.2, -0.15) is 0 Å². The summed E-state index contributed by atoms with van der Waals surface area (Å²) in [7, 11) is 0. The van der Waals surface area contributed by atoms with Crippen molar-refractivity contribution in [2.45, 2.75) is 20.4 Å². The lowest BCUT2D eigenvalue weighted by Gasteiger charge is -2.36. The van der Waals surface area contributed by atoms with Crippen LogP contribution in [0.4, 0.5) is 5.69 Å². The summed E-state index contributed by atoms with van der Waals surface area (Å²) < 4.78 is 0. The van der Waals surface area contributed by atoms with Crippen molar-refractivity contribution in [1.82, 2.24) is 10.2 Å². The number of anilines is 1. The van der Waals surface area contributed by atoms with Crippen molar-refractivity contribution in [3.8, 4) is 0 Å². The Morgan fingerprint density at radius 1 is 1.00 bits per heavy atom. The molecule has 1 heterocycles. The summed E-state index contributed by atoms with van der Waals surface area (Å²) in [5.74, 6) is 0.192. The second-order valence-electron chi connectivity index (χ2n) is 6.74. The van der Waals surface area contributed by atoms with Crippen molar-refractivity contribution in [2.75, 3.05) is 37.6 Å². The molecule has 0 atom stereocenters. The second kappa shape index (κ2) is 8.17. The van der Waals surface area contributed by atoms with Crippen LogP contribution in [0.15, 0.2) is 48.5 Å². The van der Waals surface area contributed by atoms with Crippen molar-refractivity contribution < 1.29 is 4.79 Å². The Bertz CT molecular complexity index is 721. The maximum atomic E-state index is 12.4. The van der Waals surface area contributed by atoms with Gasteiger partial charge in [0.2, 0.25) is 5.91 Å². The Labute approximate surface area is 150 Å². The average Bonchev–Trinajstić information content (AvgIpc) is 2.63. The molecule has 2 aromatic rings. The van der Waals surface area contributed by atoms with Crippen LogP contribution < -0.4 is 10.2 Å². The molecule has 1 aliphatic heterocycles. The number of aryl methyl sites for hydroxylation is 2. The van der Waals surface area contributed by atoms with Gasteiger partial charge in [0.05, 0.1) is 6.54 Å². The highest BCUT2D eigenvalue weighted by molar-refractivity contribution is 5.78. The fourth-order valence-electron chi connectivity index (χ4n) is 3.26. The number of benzene rings is 2. The number of amides is 1. The first-order chi connectivity index (χ1) is 12.1. The lowest BCUT2D eigenvalue weighted by Crippen LogP contribution is -2.50. The first-order valence-corrected chi connectivity index (χ1v) is 8.98. The van der Waals surface area contributed by atoms with Crippen molar-refractivity contribution in [2.24, 2.45) is 0 Å². The first-order valence-electron chi connectivity index (χ1n) is 8.98. The van der Waals surface area contributed by atoms with Gasteiger partial charge in [-0.1, -0.05) is 36.4 Å². The highest BCUT2D eigenvalue weighted by Gasteiger charge is 2.20. The number of hydrogen-bond acceptors (Lipinski definition) is 3. The lowest BCUT2D eigenvalue weighted by molar-refractivity contribution is -0.130. The molecular formula is C21H27N3O. The molecule has 0 bridgehead atoms. The van der Waals surface area contributed by atoms with Crippen LogP contribution in [0, 0.1) is 13.8 Å². The molecule has 4 heteroatoms. The number of piperazine rings is 1. The average molecular weight is 337 g/mol. The third-order valence-electron chi connectivity index (χ3n) is 4.85. The van der Waals surface area contributed by atoms with E-state index >= 15 is 0 Å². The quantitative estimate of drug-likeness (QED) is 0.911. The second-order valence-corrected chi connectivity index (χ2v) is 6.74. The molecule has 0 radical (unpaired) electrons. The summed E-state index contributed by atoms with van der Waals surface area (Å²) in [5, 5.41) is 3.29. The summed E-state index contributed by atoms with van der Waals surface area (Å²) in [6, 6.07) is 16.8. The van der Waals surface area contributed by atoms with Gasteiger partial charge in [-0.05, 0) is 42.7 Å². The summed E-state index contributed by atoms with van der Waals surface area (Å²) in [4.78, 5) is 16.7. The Kier molecular flexibility index (Phi) is 5.71. The molecule has 0 aromatic heterocycles. The molecule has 132 valence electrons. The zero-order valence-corrected chi connectivity index (χ0v) is 15.2. The van der Waals surface area contributed by atoms with E-state index in [9.17, 15) is 4.79 Å². The summed E-state index contributed by atoms with van der Waals surface area (Å²) in [6.45, 7) is 8.73. The maximum Gasteiger partial charge on any atom is 0.236 e. The maximum absolute atomic E-state index is 12.4. The Morgan fingerprint density at radius 2 is 1.76 bits per heavy atom. The van der Waals surface area contributed by atoms with E-state index in [1.165, 1.54) is 22.4 Å². The van der Waals surface area contributed by atoms with Gasteiger partial charge in [-0.25, -0.2) is 0 Å². The molecule has 0 unspecified atom stereocenters. The van der Waals surface area contributed by atoms with Crippen LogP contribution in [0.1, 0.15) is 16.7 Å². The normalized spacial score (nSPS) is 14.6. The predicted molar refractivity (Wildman–Crippen MR) is 103 cm³/mol. The molecule has 1 fully saturated rings. The molecule has 0 saturated carbocycles. The zero-order chi connectivity index (χ0) is 17.6. The van der Waals surface area contributed by atoms with Crippen LogP contribution in [-0.4, -0.2) is 43.5 Å². The Balaban J connectivity index is 1.45. The van der Waals surface area contributed by atoms with Crippen LogP contribution in [0.2, 0.25) is 0 Å². The summed E-state index contributed by atoms with van der Waals surface area (Å²) in [5.41, 5.74) is 5.04. The van der Waals surface area contributed by atoms with Crippen molar-refractivity contribution in [3.63, 3.8) is 0 Å². The molecule has 1 aliphatic rings. The van der Waals surface area contributed by atoms with Gasteiger partial charge in [0.1, 0.15) is 0 Å². The van der Waals surface area contributed by atoms with Crippen molar-refractivity contribution in [1.29, 1.82) is 0 Å². The number of hydrogen-bond donors (Lipinski definition) is 1. The number of nitrogens with one attached hydrogen (secondary N) is 1. The molecular weight excluding hydrogens is 310 g/mol. The molecule has 25 heavy (non-hydrogen) atoms. The van der Waals surface area contributed by atoms with Gasteiger partial charge in [0, 0.05) is 38.4 Å². The largest absolute Gasteiger partial charge is 0.368 e. The number of carbonyl (C=O) groups excluding carboxylic acids is 1. The predicted octanol–water partition coefficient (Wildman–Crippen LogP) is 2.74. The minimum absolute atomic E-state index is 0.192. The Morgan fingerprint density at radius 3 is 2.48 bits per heavy atom. The van der Waals surface area contributed by atoms with Crippen LogP contribution >= 0.6 is 0 Å². The van der Waals surface area contributed by atoms with E-state index in [0.717, 1.165) is 32.7 Å². The third kappa shape index (κ3) is 4.60. The van der Waals surface area contributed by atoms with Crippen LogP contribution in [0.5, 0.6) is 0 Å². The lowest BCUT2D eigenvalue weighted by atomic mass is 10.1. The van der Waals surface area contributed by atoms with E-state index in [1.807, 2.05) is 17.0 Å². The van der Waals surface area contributed by atoms with Gasteiger partial charge in [0.15, 0.2) is 0 Å². The van der Waals surface area contributed by atoms with E-state index in [-0.39, 0.29) is 5.91 Å². The van der Waals surface area contributed by atoms with Gasteiger partial charge >= 0.3 is 0 Å². The number of carbonyl (C=O) groups is 1. The zero-order valence-electron chi connectivity index (χ0n) is 15.2. The standard InChI is InChI=1S/C21H27N3O/c1-17-6-5-9-20(14-17)23-10-12-24(13-11-23)21(25)16-22-15-19-8-4-3-7-18(19)2/h3-9,14,22H,10-13,15-16H2,1-2H3. The van der Waals surface area contributed by atoms with E-state index < -0.39 is 0 Å². The van der Waals surface area contributed by atoms with E-state index in [2.05, 4.69) is 60.5 Å². The molecule has 0 spiro atoms. The molecule has 0 aliphatic carbocycles. The number of nitrogens with zero attached hydrogens (tertiary/aromatic N) is 2. The van der Waals surface area contributed by atoms with E-state index in [4.69, 9.17) is 0 Å². The Hall–Kier alpha value is -2.33. The molecule has 4 nitrogen and oxygen atoms in total. The number of rotatable bonds is 5. The van der Waals surface area contributed by atoms with Crippen LogP contribution in [0.25, 0.3) is 0 Å². The van der Waals surface area contributed by atoms with Crippen LogP contribution in [0.3, 0.4) is 0 Å². The fourth-order valence-corrected chi connectivity index (χ4v) is 3.26. The fraction of sp³-hybridized carbons (Fsp3) is 0.381. The van der Waals surface area contributed by atoms with Gasteiger partial charge in [-0.15, -0.1) is 0 Å². The molecule has 1 saturated heterocycles. The van der Waals surface area contributed by atoms with E-state index in [1.54, 1.807) is 0 Å². The summed E-state index contributed by atoms with van der Waals surface area (Å²) >= 11 is 0. The van der Waals surface area contributed by atoms with Crippen molar-refractivity contribution >= 4 is 11.6 Å².